The zero-order valence-corrected chi connectivity index (χ0v) is 15.8. The zero-order chi connectivity index (χ0) is 18.1. The van der Waals surface area contributed by atoms with Crippen molar-refractivity contribution in [2.45, 2.75) is 52.5 Å². The lowest BCUT2D eigenvalue weighted by molar-refractivity contribution is -0.131. The van der Waals surface area contributed by atoms with Gasteiger partial charge < -0.3 is 9.80 Å². The molecule has 0 radical (unpaired) electrons. The lowest BCUT2D eigenvalue weighted by atomic mass is 10.1. The molecule has 1 aliphatic heterocycles. The summed E-state index contributed by atoms with van der Waals surface area (Å²) in [6.07, 6.45) is 2.40. The van der Waals surface area contributed by atoms with E-state index in [4.69, 9.17) is 0 Å². The van der Waals surface area contributed by atoms with Gasteiger partial charge in [0.15, 0.2) is 0 Å². The van der Waals surface area contributed by atoms with Crippen LogP contribution < -0.4 is 0 Å². The Morgan fingerprint density at radius 3 is 2.62 bits per heavy atom. The minimum Gasteiger partial charge on any atom is -0.340 e. The van der Waals surface area contributed by atoms with Crippen LogP contribution in [-0.4, -0.2) is 57.1 Å². The normalized spacial score (nSPS) is 18.3. The molecule has 0 aromatic carbocycles. The first-order valence-electron chi connectivity index (χ1n) is 8.72. The van der Waals surface area contributed by atoms with Gasteiger partial charge in [0.1, 0.15) is 5.69 Å². The third-order valence-electron chi connectivity index (χ3n) is 4.55. The summed E-state index contributed by atoms with van der Waals surface area (Å²) >= 11 is 0. The van der Waals surface area contributed by atoms with Crippen molar-refractivity contribution in [2.75, 3.05) is 20.1 Å². The zero-order valence-electron chi connectivity index (χ0n) is 15.8. The van der Waals surface area contributed by atoms with Crippen LogP contribution in [0.25, 0.3) is 0 Å². The van der Waals surface area contributed by atoms with Crippen LogP contribution in [0, 0.1) is 5.92 Å². The van der Waals surface area contributed by atoms with Gasteiger partial charge in [-0.1, -0.05) is 13.3 Å². The van der Waals surface area contributed by atoms with Crippen LogP contribution in [0.15, 0.2) is 6.07 Å². The van der Waals surface area contributed by atoms with Crippen LogP contribution in [0.3, 0.4) is 0 Å². The van der Waals surface area contributed by atoms with Gasteiger partial charge in [-0.25, -0.2) is 0 Å². The number of hydrogen-bond donors (Lipinski definition) is 0. The van der Waals surface area contributed by atoms with E-state index in [-0.39, 0.29) is 23.3 Å². The molecule has 0 N–H and O–H groups in total. The van der Waals surface area contributed by atoms with Crippen molar-refractivity contribution in [2.24, 2.45) is 13.0 Å². The summed E-state index contributed by atoms with van der Waals surface area (Å²) in [6.45, 7) is 9.55. The lowest BCUT2D eigenvalue weighted by Crippen LogP contribution is -2.43. The molecule has 2 rings (SSSR count). The van der Waals surface area contributed by atoms with Crippen LogP contribution in [0.4, 0.5) is 0 Å². The number of rotatable bonds is 5. The van der Waals surface area contributed by atoms with Gasteiger partial charge in [0.25, 0.3) is 5.91 Å². The molecule has 6 nitrogen and oxygen atoms in total. The van der Waals surface area contributed by atoms with E-state index in [1.54, 1.807) is 23.7 Å². The molecule has 1 aliphatic rings. The van der Waals surface area contributed by atoms with Crippen molar-refractivity contribution >= 4 is 11.8 Å². The highest BCUT2D eigenvalue weighted by Gasteiger charge is 2.37. The maximum atomic E-state index is 12.7. The minimum atomic E-state index is -0.161. The summed E-state index contributed by atoms with van der Waals surface area (Å²) in [4.78, 5) is 28.5. The highest BCUT2D eigenvalue weighted by Crippen LogP contribution is 2.26. The Kier molecular flexibility index (Phi) is 5.35. The number of hydrogen-bond acceptors (Lipinski definition) is 3. The van der Waals surface area contributed by atoms with Crippen molar-refractivity contribution < 1.29 is 9.59 Å². The largest absolute Gasteiger partial charge is 0.340 e. The van der Waals surface area contributed by atoms with E-state index in [0.717, 1.165) is 18.5 Å². The number of aromatic nitrogens is 2. The summed E-state index contributed by atoms with van der Waals surface area (Å²) in [5.41, 5.74) is 1.40. The smallest absolute Gasteiger partial charge is 0.271 e. The van der Waals surface area contributed by atoms with E-state index in [0.29, 0.717) is 25.2 Å². The van der Waals surface area contributed by atoms with Gasteiger partial charge in [0.05, 0.1) is 5.69 Å². The molecule has 1 atom stereocenters. The van der Waals surface area contributed by atoms with Gasteiger partial charge in [-0.15, -0.1) is 0 Å². The number of carbonyl (C=O) groups is 2. The van der Waals surface area contributed by atoms with Gasteiger partial charge in [-0.05, 0) is 33.3 Å². The van der Waals surface area contributed by atoms with E-state index < -0.39 is 0 Å². The molecule has 1 fully saturated rings. The molecule has 6 heteroatoms. The molecule has 1 aromatic heterocycles. The molecule has 0 bridgehead atoms. The predicted octanol–water partition coefficient (Wildman–Crippen LogP) is 2.09. The molecule has 0 aliphatic carbocycles. The fourth-order valence-corrected chi connectivity index (χ4v) is 3.32. The van der Waals surface area contributed by atoms with E-state index >= 15 is 0 Å². The maximum Gasteiger partial charge on any atom is 0.271 e. The van der Waals surface area contributed by atoms with Crippen LogP contribution in [-0.2, 0) is 18.3 Å². The summed E-state index contributed by atoms with van der Waals surface area (Å²) in [5.74, 6) is 0.335. The van der Waals surface area contributed by atoms with Gasteiger partial charge >= 0.3 is 0 Å². The van der Waals surface area contributed by atoms with Crippen molar-refractivity contribution in [1.82, 2.24) is 19.6 Å². The Labute approximate surface area is 144 Å². The fraction of sp³-hybridized carbons (Fsp3) is 0.722. The monoisotopic (exact) mass is 334 g/mol. The minimum absolute atomic E-state index is 0.0333. The number of nitrogens with zero attached hydrogens (tertiary/aromatic N) is 4. The summed E-state index contributed by atoms with van der Waals surface area (Å²) in [7, 11) is 3.61. The average molecular weight is 334 g/mol. The van der Waals surface area contributed by atoms with E-state index in [9.17, 15) is 9.59 Å². The number of amides is 2. The van der Waals surface area contributed by atoms with Crippen molar-refractivity contribution in [3.05, 3.63) is 17.5 Å². The van der Waals surface area contributed by atoms with Crippen LogP contribution in [0.2, 0.25) is 0 Å². The first-order valence-corrected chi connectivity index (χ1v) is 8.72. The topological polar surface area (TPSA) is 58.4 Å². The highest BCUT2D eigenvalue weighted by atomic mass is 16.2. The van der Waals surface area contributed by atoms with Crippen LogP contribution in [0.1, 0.15) is 56.7 Å². The van der Waals surface area contributed by atoms with E-state index in [1.165, 1.54) is 0 Å². The quantitative estimate of drug-likeness (QED) is 0.828. The molecule has 24 heavy (non-hydrogen) atoms. The second-order valence-electron chi connectivity index (χ2n) is 7.83. The SMILES string of the molecule is CCCc1cc(C(=O)N(C)C[C@H]2CC(=O)N(C(C)(C)C)C2)n(C)n1. The first kappa shape index (κ1) is 18.5. The molecular formula is C18H30N4O2. The molecule has 2 amide bonds. The summed E-state index contributed by atoms with van der Waals surface area (Å²) in [5, 5.41) is 4.40. The Bertz CT molecular complexity index is 615. The lowest BCUT2D eigenvalue weighted by Gasteiger charge is -2.32. The Balaban J connectivity index is 2.01. The molecule has 0 saturated carbocycles. The Hall–Kier alpha value is -1.85. The standard InChI is InChI=1S/C18H30N4O2/c1-7-8-14-10-15(21(6)19-14)17(24)20(5)11-13-9-16(23)22(12-13)18(2,3)4/h10,13H,7-9,11-12H2,1-6H3/t13-/m1/s1. The van der Waals surface area contributed by atoms with Crippen LogP contribution >= 0.6 is 0 Å². The second kappa shape index (κ2) is 6.95. The number of carbonyl (C=O) groups excluding carboxylic acids is 2. The number of likely N-dealkylation sites (tertiary alicyclic amines) is 1. The van der Waals surface area contributed by atoms with E-state index in [2.05, 4.69) is 12.0 Å². The molecule has 2 heterocycles. The van der Waals surface area contributed by atoms with Gasteiger partial charge in [0, 0.05) is 45.1 Å². The third-order valence-corrected chi connectivity index (χ3v) is 4.55. The summed E-state index contributed by atoms with van der Waals surface area (Å²) < 4.78 is 1.66. The Morgan fingerprint density at radius 2 is 2.08 bits per heavy atom. The van der Waals surface area contributed by atoms with Crippen molar-refractivity contribution in [1.29, 1.82) is 0 Å². The second-order valence-corrected chi connectivity index (χ2v) is 7.83. The number of aryl methyl sites for hydroxylation is 2. The van der Waals surface area contributed by atoms with Gasteiger partial charge in [0.2, 0.25) is 5.91 Å². The van der Waals surface area contributed by atoms with Gasteiger partial charge in [-0.3, -0.25) is 14.3 Å². The maximum absolute atomic E-state index is 12.7. The van der Waals surface area contributed by atoms with Crippen LogP contribution in [0.5, 0.6) is 0 Å². The highest BCUT2D eigenvalue weighted by molar-refractivity contribution is 5.92. The molecule has 134 valence electrons. The Morgan fingerprint density at radius 1 is 1.42 bits per heavy atom. The molecule has 1 aromatic rings. The van der Waals surface area contributed by atoms with E-state index in [1.807, 2.05) is 31.7 Å². The van der Waals surface area contributed by atoms with Crippen molar-refractivity contribution in [3.63, 3.8) is 0 Å². The molecule has 1 saturated heterocycles. The molecular weight excluding hydrogens is 304 g/mol. The molecule has 0 unspecified atom stereocenters. The first-order chi connectivity index (χ1) is 11.1. The van der Waals surface area contributed by atoms with Crippen molar-refractivity contribution in [3.8, 4) is 0 Å². The average Bonchev–Trinajstić information content (AvgIpc) is 3.01. The predicted molar refractivity (Wildman–Crippen MR) is 93.7 cm³/mol. The fourth-order valence-electron chi connectivity index (χ4n) is 3.32. The summed E-state index contributed by atoms with van der Waals surface area (Å²) in [6, 6.07) is 1.88. The third kappa shape index (κ3) is 3.97. The van der Waals surface area contributed by atoms with Gasteiger partial charge in [-0.2, -0.15) is 5.10 Å². The molecule has 0 spiro atoms.